The average molecular weight is 260 g/mol. The molecule has 0 saturated heterocycles. The summed E-state index contributed by atoms with van der Waals surface area (Å²) in [6.45, 7) is 1.99. The molecule has 2 aromatic rings. The first-order valence-corrected chi connectivity index (χ1v) is 6.12. The summed E-state index contributed by atoms with van der Waals surface area (Å²) in [5.74, 6) is -0.0390. The van der Waals surface area contributed by atoms with Gasteiger partial charge in [0.05, 0.1) is 6.42 Å². The minimum absolute atomic E-state index is 0.0390. The van der Waals surface area contributed by atoms with Gasteiger partial charge in [-0.25, -0.2) is 0 Å². The summed E-state index contributed by atoms with van der Waals surface area (Å²) < 4.78 is 0. The second-order valence-corrected chi connectivity index (χ2v) is 4.66. The summed E-state index contributed by atoms with van der Waals surface area (Å²) >= 11 is 5.88. The van der Waals surface area contributed by atoms with E-state index >= 15 is 0 Å². The topological polar surface area (TPSA) is 29.1 Å². The van der Waals surface area contributed by atoms with Gasteiger partial charge in [0.1, 0.15) is 0 Å². The number of halogens is 1. The highest BCUT2D eigenvalue weighted by Crippen LogP contribution is 2.13. The van der Waals surface area contributed by atoms with Crippen molar-refractivity contribution in [3.63, 3.8) is 0 Å². The van der Waals surface area contributed by atoms with E-state index < -0.39 is 0 Å². The molecule has 0 radical (unpaired) electrons. The Balaban J connectivity index is 2.01. The first kappa shape index (κ1) is 12.7. The lowest BCUT2D eigenvalue weighted by Crippen LogP contribution is -2.14. The van der Waals surface area contributed by atoms with E-state index in [0.717, 1.165) is 16.8 Å². The van der Waals surface area contributed by atoms with Gasteiger partial charge in [-0.1, -0.05) is 35.9 Å². The third-order valence-electron chi connectivity index (χ3n) is 2.56. The van der Waals surface area contributed by atoms with Gasteiger partial charge in [0, 0.05) is 10.7 Å². The average Bonchev–Trinajstić information content (AvgIpc) is 2.28. The lowest BCUT2D eigenvalue weighted by Gasteiger charge is -2.06. The van der Waals surface area contributed by atoms with Crippen LogP contribution in [0, 0.1) is 6.92 Å². The second kappa shape index (κ2) is 5.69. The van der Waals surface area contributed by atoms with E-state index in [-0.39, 0.29) is 5.91 Å². The number of anilines is 1. The Bertz CT molecular complexity index is 516. The molecule has 0 aliphatic carbocycles. The van der Waals surface area contributed by atoms with Crippen LogP contribution in [0.3, 0.4) is 0 Å². The minimum atomic E-state index is -0.0390. The summed E-state index contributed by atoms with van der Waals surface area (Å²) in [6, 6.07) is 15.1. The summed E-state index contributed by atoms with van der Waals surface area (Å²) in [6.07, 6.45) is 0.328. The molecule has 0 saturated carbocycles. The van der Waals surface area contributed by atoms with E-state index in [1.54, 1.807) is 12.1 Å². The number of rotatable bonds is 3. The predicted octanol–water partition coefficient (Wildman–Crippen LogP) is 3.83. The molecule has 0 aliphatic heterocycles. The lowest BCUT2D eigenvalue weighted by molar-refractivity contribution is -0.115. The van der Waals surface area contributed by atoms with Gasteiger partial charge in [-0.3, -0.25) is 4.79 Å². The molecule has 2 rings (SSSR count). The van der Waals surface area contributed by atoms with E-state index in [1.165, 1.54) is 0 Å². The lowest BCUT2D eigenvalue weighted by atomic mass is 10.1. The summed E-state index contributed by atoms with van der Waals surface area (Å²) in [7, 11) is 0. The summed E-state index contributed by atoms with van der Waals surface area (Å²) in [4.78, 5) is 11.9. The van der Waals surface area contributed by atoms with Crippen molar-refractivity contribution in [2.24, 2.45) is 0 Å². The summed E-state index contributed by atoms with van der Waals surface area (Å²) in [5.41, 5.74) is 2.85. The predicted molar refractivity (Wildman–Crippen MR) is 75.0 cm³/mol. The van der Waals surface area contributed by atoms with E-state index in [0.29, 0.717) is 11.4 Å². The fraction of sp³-hybridized carbons (Fsp3) is 0.133. The maximum atomic E-state index is 11.9. The van der Waals surface area contributed by atoms with Gasteiger partial charge >= 0.3 is 0 Å². The van der Waals surface area contributed by atoms with Crippen LogP contribution in [-0.2, 0) is 11.2 Å². The zero-order valence-corrected chi connectivity index (χ0v) is 10.9. The van der Waals surface area contributed by atoms with Crippen molar-refractivity contribution in [2.75, 3.05) is 5.32 Å². The molecule has 0 spiro atoms. The quantitative estimate of drug-likeness (QED) is 0.892. The molecular weight excluding hydrogens is 246 g/mol. The van der Waals surface area contributed by atoms with E-state index in [4.69, 9.17) is 11.6 Å². The van der Waals surface area contributed by atoms with Gasteiger partial charge < -0.3 is 5.32 Å². The fourth-order valence-electron chi connectivity index (χ4n) is 1.76. The molecule has 2 nitrogen and oxygen atoms in total. The SMILES string of the molecule is Cc1cccc(NC(=O)Cc2cccc(Cl)c2)c1. The first-order valence-electron chi connectivity index (χ1n) is 5.74. The van der Waals surface area contributed by atoms with Crippen LogP contribution in [0.1, 0.15) is 11.1 Å². The van der Waals surface area contributed by atoms with Crippen molar-refractivity contribution in [1.29, 1.82) is 0 Å². The third-order valence-corrected chi connectivity index (χ3v) is 2.79. The molecule has 18 heavy (non-hydrogen) atoms. The van der Waals surface area contributed by atoms with Gasteiger partial charge in [0.15, 0.2) is 0 Å². The number of hydrogen-bond donors (Lipinski definition) is 1. The number of hydrogen-bond acceptors (Lipinski definition) is 1. The monoisotopic (exact) mass is 259 g/mol. The Labute approximate surface area is 112 Å². The van der Waals surface area contributed by atoms with Crippen molar-refractivity contribution in [2.45, 2.75) is 13.3 Å². The zero-order valence-electron chi connectivity index (χ0n) is 10.1. The van der Waals surface area contributed by atoms with E-state index in [2.05, 4.69) is 5.32 Å². The van der Waals surface area contributed by atoms with Crippen LogP contribution in [0.25, 0.3) is 0 Å². The number of carbonyl (C=O) groups is 1. The van der Waals surface area contributed by atoms with Crippen LogP contribution in [0.4, 0.5) is 5.69 Å². The highest BCUT2D eigenvalue weighted by atomic mass is 35.5. The van der Waals surface area contributed by atoms with E-state index in [1.807, 2.05) is 43.3 Å². The molecule has 0 unspecified atom stereocenters. The smallest absolute Gasteiger partial charge is 0.228 e. The van der Waals surface area contributed by atoms with Gasteiger partial charge in [-0.15, -0.1) is 0 Å². The summed E-state index contributed by atoms with van der Waals surface area (Å²) in [5, 5.41) is 3.52. The Morgan fingerprint density at radius 1 is 1.17 bits per heavy atom. The van der Waals surface area contributed by atoms with Crippen LogP contribution < -0.4 is 5.32 Å². The molecule has 92 valence electrons. The molecule has 0 fully saturated rings. The van der Waals surface area contributed by atoms with Gasteiger partial charge in [-0.2, -0.15) is 0 Å². The molecular formula is C15H14ClNO. The van der Waals surface area contributed by atoms with Gasteiger partial charge in [0.25, 0.3) is 0 Å². The van der Waals surface area contributed by atoms with Crippen molar-refractivity contribution in [1.82, 2.24) is 0 Å². The molecule has 0 aliphatic rings. The number of carbonyl (C=O) groups excluding carboxylic acids is 1. The standard InChI is InChI=1S/C15H14ClNO/c1-11-4-2-7-14(8-11)17-15(18)10-12-5-3-6-13(16)9-12/h2-9H,10H2,1H3,(H,17,18). The Morgan fingerprint density at radius 2 is 1.94 bits per heavy atom. The van der Waals surface area contributed by atoms with Crippen molar-refractivity contribution in [3.05, 3.63) is 64.7 Å². The van der Waals surface area contributed by atoms with Gasteiger partial charge in [-0.05, 0) is 42.3 Å². The number of amides is 1. The number of nitrogens with one attached hydrogen (secondary N) is 1. The number of benzene rings is 2. The maximum absolute atomic E-state index is 11.9. The second-order valence-electron chi connectivity index (χ2n) is 4.22. The van der Waals surface area contributed by atoms with Crippen LogP contribution in [0.5, 0.6) is 0 Å². The Kier molecular flexibility index (Phi) is 4.00. The maximum Gasteiger partial charge on any atom is 0.228 e. The highest BCUT2D eigenvalue weighted by molar-refractivity contribution is 6.30. The van der Waals surface area contributed by atoms with Crippen molar-refractivity contribution in [3.8, 4) is 0 Å². The molecule has 0 heterocycles. The number of aryl methyl sites for hydroxylation is 1. The minimum Gasteiger partial charge on any atom is -0.326 e. The van der Waals surface area contributed by atoms with Crippen LogP contribution in [-0.4, -0.2) is 5.91 Å². The Hall–Kier alpha value is -1.80. The van der Waals surface area contributed by atoms with Gasteiger partial charge in [0.2, 0.25) is 5.91 Å². The van der Waals surface area contributed by atoms with E-state index in [9.17, 15) is 4.79 Å². The highest BCUT2D eigenvalue weighted by Gasteiger charge is 2.04. The fourth-order valence-corrected chi connectivity index (χ4v) is 1.97. The first-order chi connectivity index (χ1) is 8.63. The van der Waals surface area contributed by atoms with Crippen LogP contribution >= 0.6 is 11.6 Å². The molecule has 3 heteroatoms. The molecule has 0 aromatic heterocycles. The molecule has 0 bridgehead atoms. The molecule has 1 N–H and O–H groups in total. The normalized spacial score (nSPS) is 10.1. The van der Waals surface area contributed by atoms with Crippen LogP contribution in [0.15, 0.2) is 48.5 Å². The molecule has 1 amide bonds. The van der Waals surface area contributed by atoms with Crippen molar-refractivity contribution >= 4 is 23.2 Å². The molecule has 0 atom stereocenters. The van der Waals surface area contributed by atoms with Crippen LogP contribution in [0.2, 0.25) is 5.02 Å². The zero-order chi connectivity index (χ0) is 13.0. The largest absolute Gasteiger partial charge is 0.326 e. The molecule has 2 aromatic carbocycles. The van der Waals surface area contributed by atoms with Crippen molar-refractivity contribution < 1.29 is 4.79 Å². The third kappa shape index (κ3) is 3.60. The Morgan fingerprint density at radius 3 is 2.67 bits per heavy atom.